The van der Waals surface area contributed by atoms with Crippen LogP contribution < -0.4 is 5.32 Å². The number of fused-ring (bicyclic) bond motifs is 3. The molecule has 3 aromatic rings. The van der Waals surface area contributed by atoms with E-state index in [9.17, 15) is 14.7 Å². The molecule has 0 bridgehead atoms. The number of phenolic OH excluding ortho intramolecular Hbond substituents is 1. The first-order valence-corrected chi connectivity index (χ1v) is 7.94. The summed E-state index contributed by atoms with van der Waals surface area (Å²) in [5.41, 5.74) is 0.844. The third kappa shape index (κ3) is 3.03. The molecule has 0 unspecified atom stereocenters. The summed E-state index contributed by atoms with van der Waals surface area (Å²) in [5.74, 6) is -0.197. The van der Waals surface area contributed by atoms with Crippen molar-refractivity contribution in [1.29, 1.82) is 0 Å². The molecular weight excluding hydrogens is 320 g/mol. The average Bonchev–Trinajstić information content (AvgIpc) is 2.84. The summed E-state index contributed by atoms with van der Waals surface area (Å²) in [6, 6.07) is 9.96. The van der Waals surface area contributed by atoms with E-state index >= 15 is 0 Å². The van der Waals surface area contributed by atoms with Gasteiger partial charge in [-0.25, -0.2) is 9.36 Å². The molecule has 3 rings (SSSR count). The Hall–Kier alpha value is -3.02. The van der Waals surface area contributed by atoms with E-state index in [4.69, 9.17) is 4.74 Å². The van der Waals surface area contributed by atoms with Crippen molar-refractivity contribution in [2.75, 3.05) is 7.05 Å². The summed E-state index contributed by atoms with van der Waals surface area (Å²) in [6.07, 6.45) is -0.563. The van der Waals surface area contributed by atoms with E-state index < -0.39 is 11.7 Å². The molecule has 2 N–H and O–H groups in total. The lowest BCUT2D eigenvalue weighted by molar-refractivity contribution is 0.0551. The first-order valence-electron chi connectivity index (χ1n) is 7.94. The molecule has 1 heterocycles. The summed E-state index contributed by atoms with van der Waals surface area (Å²) in [5, 5.41) is 14.0. The Kier molecular flexibility index (Phi) is 3.91. The van der Waals surface area contributed by atoms with Gasteiger partial charge in [-0.2, -0.15) is 0 Å². The van der Waals surface area contributed by atoms with E-state index in [1.54, 1.807) is 58.2 Å². The summed E-state index contributed by atoms with van der Waals surface area (Å²) in [7, 11) is 1.55. The largest absolute Gasteiger partial charge is 0.508 e. The van der Waals surface area contributed by atoms with Crippen LogP contribution in [-0.4, -0.2) is 34.3 Å². The SMILES string of the molecule is CNC(=O)c1ccc2c3ccc(O)cc3n(C(=O)OC(C)(C)C)c2c1. The number of phenols is 1. The molecule has 2 aromatic carbocycles. The molecule has 6 nitrogen and oxygen atoms in total. The predicted molar refractivity (Wildman–Crippen MR) is 96.1 cm³/mol. The van der Waals surface area contributed by atoms with Gasteiger partial charge in [0.25, 0.3) is 5.91 Å². The Morgan fingerprint density at radius 3 is 2.24 bits per heavy atom. The summed E-state index contributed by atoms with van der Waals surface area (Å²) < 4.78 is 6.90. The molecule has 0 fully saturated rings. The molecule has 0 saturated carbocycles. The summed E-state index contributed by atoms with van der Waals surface area (Å²) in [4.78, 5) is 24.7. The van der Waals surface area contributed by atoms with E-state index in [1.807, 2.05) is 0 Å². The number of aromatic hydroxyl groups is 1. The second kappa shape index (κ2) is 5.81. The minimum absolute atomic E-state index is 0.0478. The molecule has 0 aliphatic rings. The number of carbonyl (C=O) groups excluding carboxylic acids is 2. The zero-order valence-electron chi connectivity index (χ0n) is 14.6. The van der Waals surface area contributed by atoms with Gasteiger partial charge in [0.2, 0.25) is 0 Å². The Labute approximate surface area is 145 Å². The highest BCUT2D eigenvalue weighted by molar-refractivity contribution is 6.14. The zero-order valence-corrected chi connectivity index (χ0v) is 14.6. The van der Waals surface area contributed by atoms with Crippen molar-refractivity contribution in [2.24, 2.45) is 0 Å². The molecule has 0 aliphatic carbocycles. The van der Waals surface area contributed by atoms with E-state index in [1.165, 1.54) is 10.6 Å². The summed E-state index contributed by atoms with van der Waals surface area (Å²) >= 11 is 0. The lowest BCUT2D eigenvalue weighted by atomic mass is 10.1. The third-order valence-corrected chi connectivity index (χ3v) is 3.82. The van der Waals surface area contributed by atoms with Gasteiger partial charge in [-0.05, 0) is 45.0 Å². The Balaban J connectivity index is 2.33. The van der Waals surface area contributed by atoms with Gasteiger partial charge < -0.3 is 15.2 Å². The fourth-order valence-electron chi connectivity index (χ4n) is 2.80. The van der Waals surface area contributed by atoms with E-state index in [0.29, 0.717) is 16.6 Å². The van der Waals surface area contributed by atoms with Gasteiger partial charge in [0.05, 0.1) is 11.0 Å². The fourth-order valence-corrected chi connectivity index (χ4v) is 2.80. The molecule has 1 amide bonds. The van der Waals surface area contributed by atoms with Gasteiger partial charge >= 0.3 is 6.09 Å². The molecule has 0 radical (unpaired) electrons. The van der Waals surface area contributed by atoms with Crippen molar-refractivity contribution in [3.63, 3.8) is 0 Å². The third-order valence-electron chi connectivity index (χ3n) is 3.82. The minimum atomic E-state index is -0.671. The van der Waals surface area contributed by atoms with Crippen molar-refractivity contribution in [3.8, 4) is 5.75 Å². The highest BCUT2D eigenvalue weighted by Crippen LogP contribution is 2.32. The second-order valence-electron chi connectivity index (χ2n) is 6.83. The lowest BCUT2D eigenvalue weighted by Gasteiger charge is -2.20. The minimum Gasteiger partial charge on any atom is -0.508 e. The van der Waals surface area contributed by atoms with Gasteiger partial charge in [0, 0.05) is 29.4 Å². The molecule has 0 spiro atoms. The maximum absolute atomic E-state index is 12.8. The normalized spacial score (nSPS) is 11.7. The van der Waals surface area contributed by atoms with Gasteiger partial charge in [-0.3, -0.25) is 4.79 Å². The van der Waals surface area contributed by atoms with Crippen molar-refractivity contribution >= 4 is 33.8 Å². The number of carbonyl (C=O) groups is 2. The smallest absolute Gasteiger partial charge is 0.419 e. The van der Waals surface area contributed by atoms with E-state index in [2.05, 4.69) is 5.32 Å². The van der Waals surface area contributed by atoms with E-state index in [0.717, 1.165) is 10.8 Å². The van der Waals surface area contributed by atoms with Crippen LogP contribution in [0, 0.1) is 0 Å². The summed E-state index contributed by atoms with van der Waals surface area (Å²) in [6.45, 7) is 5.35. The van der Waals surface area contributed by atoms with Crippen LogP contribution in [0.4, 0.5) is 4.79 Å². The lowest BCUT2D eigenvalue weighted by Crippen LogP contribution is -2.27. The van der Waals surface area contributed by atoms with Crippen molar-refractivity contribution in [2.45, 2.75) is 26.4 Å². The number of benzene rings is 2. The van der Waals surface area contributed by atoms with E-state index in [-0.39, 0.29) is 11.7 Å². The van der Waals surface area contributed by atoms with Crippen LogP contribution in [0.3, 0.4) is 0 Å². The van der Waals surface area contributed by atoms with Crippen LogP contribution in [0.1, 0.15) is 31.1 Å². The van der Waals surface area contributed by atoms with Gasteiger partial charge in [-0.15, -0.1) is 0 Å². The molecule has 25 heavy (non-hydrogen) atoms. The maximum atomic E-state index is 12.8. The Morgan fingerprint density at radius 1 is 1.04 bits per heavy atom. The molecule has 6 heteroatoms. The highest BCUT2D eigenvalue weighted by atomic mass is 16.6. The predicted octanol–water partition coefficient (Wildman–Crippen LogP) is 3.64. The number of hydrogen-bond acceptors (Lipinski definition) is 4. The van der Waals surface area contributed by atoms with Crippen LogP contribution in [0.2, 0.25) is 0 Å². The van der Waals surface area contributed by atoms with Crippen LogP contribution in [0.15, 0.2) is 36.4 Å². The second-order valence-corrected chi connectivity index (χ2v) is 6.83. The standard InChI is InChI=1S/C19H20N2O4/c1-19(2,3)25-18(24)21-15-9-11(17(23)20-4)5-7-13(15)14-8-6-12(22)10-16(14)21/h5-10,22H,1-4H3,(H,20,23). The molecule has 130 valence electrons. The van der Waals surface area contributed by atoms with Crippen LogP contribution in [0.25, 0.3) is 21.8 Å². The number of amides is 1. The van der Waals surface area contributed by atoms with Crippen LogP contribution in [0.5, 0.6) is 5.75 Å². The quantitative estimate of drug-likeness (QED) is 0.709. The van der Waals surface area contributed by atoms with Gasteiger partial charge in [0.1, 0.15) is 11.4 Å². The molecular formula is C19H20N2O4. The van der Waals surface area contributed by atoms with Gasteiger partial charge in [-0.1, -0.05) is 6.07 Å². The number of nitrogens with zero attached hydrogens (tertiary/aromatic N) is 1. The molecule has 1 aromatic heterocycles. The highest BCUT2D eigenvalue weighted by Gasteiger charge is 2.23. The number of nitrogens with one attached hydrogen (secondary N) is 1. The van der Waals surface area contributed by atoms with Crippen molar-refractivity contribution < 1.29 is 19.4 Å². The number of aromatic nitrogens is 1. The molecule has 0 atom stereocenters. The monoisotopic (exact) mass is 340 g/mol. The first kappa shape index (κ1) is 16.8. The van der Waals surface area contributed by atoms with Crippen molar-refractivity contribution in [3.05, 3.63) is 42.0 Å². The number of ether oxygens (including phenoxy) is 1. The Bertz CT molecular complexity index is 996. The first-order chi connectivity index (χ1) is 11.7. The molecule has 0 aliphatic heterocycles. The van der Waals surface area contributed by atoms with Crippen LogP contribution in [-0.2, 0) is 4.74 Å². The molecule has 0 saturated heterocycles. The topological polar surface area (TPSA) is 80.6 Å². The maximum Gasteiger partial charge on any atom is 0.419 e. The number of rotatable bonds is 1. The number of hydrogen-bond donors (Lipinski definition) is 2. The van der Waals surface area contributed by atoms with Crippen molar-refractivity contribution in [1.82, 2.24) is 9.88 Å². The fraction of sp³-hybridized carbons (Fsp3) is 0.263. The average molecular weight is 340 g/mol. The van der Waals surface area contributed by atoms with Crippen LogP contribution >= 0.6 is 0 Å². The van der Waals surface area contributed by atoms with Gasteiger partial charge in [0.15, 0.2) is 0 Å². The Morgan fingerprint density at radius 2 is 1.64 bits per heavy atom. The zero-order chi connectivity index (χ0) is 18.4.